The minimum Gasteiger partial charge on any atom is -0.489 e. The number of fused-ring (bicyclic) bond motifs is 1. The molecule has 0 aliphatic carbocycles. The van der Waals surface area contributed by atoms with Gasteiger partial charge in [-0.25, -0.2) is 4.39 Å². The maximum atomic E-state index is 13.2. The van der Waals surface area contributed by atoms with Crippen molar-refractivity contribution in [2.75, 3.05) is 6.61 Å². The summed E-state index contributed by atoms with van der Waals surface area (Å²) in [6.45, 7) is 2.44. The zero-order valence-electron chi connectivity index (χ0n) is 11.7. The largest absolute Gasteiger partial charge is 0.489 e. The van der Waals surface area contributed by atoms with Gasteiger partial charge >= 0.3 is 0 Å². The predicted molar refractivity (Wildman–Crippen MR) is 80.8 cm³/mol. The molecule has 1 unspecified atom stereocenters. The fourth-order valence-corrected chi connectivity index (χ4v) is 2.73. The Kier molecular flexibility index (Phi) is 4.02. The van der Waals surface area contributed by atoms with Crippen LogP contribution in [0, 0.1) is 12.7 Å². The topological polar surface area (TPSA) is 18.5 Å². The first kappa shape index (κ1) is 14.2. The van der Waals surface area contributed by atoms with Crippen LogP contribution in [0.1, 0.15) is 16.7 Å². The summed E-state index contributed by atoms with van der Waals surface area (Å²) >= 11 is 5.94. The Morgan fingerprint density at radius 2 is 2.14 bits per heavy atom. The maximum absolute atomic E-state index is 13.2. The number of hydrogen-bond acceptors (Lipinski definition) is 2. The molecule has 2 aromatic rings. The molecule has 0 saturated carbocycles. The van der Waals surface area contributed by atoms with E-state index < -0.39 is 0 Å². The number of rotatable bonds is 4. The molecule has 0 bridgehead atoms. The molecule has 21 heavy (non-hydrogen) atoms. The van der Waals surface area contributed by atoms with Crippen molar-refractivity contribution in [2.24, 2.45) is 0 Å². The third kappa shape index (κ3) is 3.13. The molecule has 1 atom stereocenters. The molecular weight excluding hydrogens is 291 g/mol. The number of hydrogen-bond donors (Lipinski definition) is 0. The molecule has 1 aliphatic rings. The Bertz CT molecular complexity index is 657. The van der Waals surface area contributed by atoms with Crippen LogP contribution in [0.4, 0.5) is 4.39 Å². The van der Waals surface area contributed by atoms with Crippen molar-refractivity contribution in [3.05, 3.63) is 58.9 Å². The zero-order valence-corrected chi connectivity index (χ0v) is 12.5. The van der Waals surface area contributed by atoms with Crippen LogP contribution < -0.4 is 9.47 Å². The zero-order chi connectivity index (χ0) is 14.8. The molecule has 4 heteroatoms. The fourth-order valence-electron chi connectivity index (χ4n) is 2.52. The number of ether oxygens (including phenoxy) is 2. The highest BCUT2D eigenvalue weighted by Gasteiger charge is 2.24. The highest BCUT2D eigenvalue weighted by molar-refractivity contribution is 6.17. The first-order chi connectivity index (χ1) is 10.2. The summed E-state index contributed by atoms with van der Waals surface area (Å²) < 4.78 is 24.8. The average molecular weight is 307 g/mol. The summed E-state index contributed by atoms with van der Waals surface area (Å²) in [6.07, 6.45) is 0.570. The van der Waals surface area contributed by atoms with Gasteiger partial charge in [-0.3, -0.25) is 0 Å². The van der Waals surface area contributed by atoms with Crippen LogP contribution in [-0.2, 0) is 12.3 Å². The quantitative estimate of drug-likeness (QED) is 0.786. The minimum absolute atomic E-state index is 0.0914. The summed E-state index contributed by atoms with van der Waals surface area (Å²) in [5.74, 6) is 1.70. The summed E-state index contributed by atoms with van der Waals surface area (Å²) in [4.78, 5) is 0. The summed E-state index contributed by atoms with van der Waals surface area (Å²) in [7, 11) is 0. The van der Waals surface area contributed by atoms with Gasteiger partial charge in [0.2, 0.25) is 0 Å². The first-order valence-corrected chi connectivity index (χ1v) is 7.42. The first-order valence-electron chi connectivity index (χ1n) is 6.89. The van der Waals surface area contributed by atoms with Gasteiger partial charge in [-0.05, 0) is 31.2 Å². The van der Waals surface area contributed by atoms with Crippen molar-refractivity contribution in [2.45, 2.75) is 25.3 Å². The fraction of sp³-hybridized carbons (Fsp3) is 0.294. The molecule has 1 aliphatic heterocycles. The van der Waals surface area contributed by atoms with Crippen molar-refractivity contribution in [1.82, 2.24) is 0 Å². The van der Waals surface area contributed by atoms with Gasteiger partial charge in [0.15, 0.2) is 0 Å². The number of alkyl halides is 1. The number of halogens is 2. The van der Waals surface area contributed by atoms with Crippen molar-refractivity contribution in [3.8, 4) is 11.5 Å². The van der Waals surface area contributed by atoms with Crippen molar-refractivity contribution in [1.29, 1.82) is 0 Å². The Hall–Kier alpha value is -1.74. The smallest absolute Gasteiger partial charge is 0.137 e. The van der Waals surface area contributed by atoms with Crippen molar-refractivity contribution < 1.29 is 13.9 Å². The highest BCUT2D eigenvalue weighted by atomic mass is 35.5. The Balaban J connectivity index is 1.65. The van der Waals surface area contributed by atoms with Gasteiger partial charge in [0.05, 0.1) is 5.88 Å². The lowest BCUT2D eigenvalue weighted by atomic mass is 10.1. The average Bonchev–Trinajstić information content (AvgIpc) is 2.87. The molecule has 0 N–H and O–H groups in total. The lowest BCUT2D eigenvalue weighted by molar-refractivity contribution is 0.148. The van der Waals surface area contributed by atoms with E-state index in [0.717, 1.165) is 28.2 Å². The van der Waals surface area contributed by atoms with E-state index in [9.17, 15) is 4.39 Å². The van der Waals surface area contributed by atoms with Crippen LogP contribution >= 0.6 is 11.6 Å². The molecule has 0 aromatic heterocycles. The van der Waals surface area contributed by atoms with Gasteiger partial charge in [-0.2, -0.15) is 0 Å². The van der Waals surface area contributed by atoms with Gasteiger partial charge in [0.1, 0.15) is 30.0 Å². The molecule has 0 radical (unpaired) electrons. The SMILES string of the molecule is Cc1ccc(OCC2Cc3cc(F)ccc3O2)c(CCl)c1. The number of aryl methyl sites for hydroxylation is 1. The monoisotopic (exact) mass is 306 g/mol. The van der Waals surface area contributed by atoms with E-state index in [2.05, 4.69) is 0 Å². The van der Waals surface area contributed by atoms with Gasteiger partial charge in [-0.1, -0.05) is 17.7 Å². The third-order valence-electron chi connectivity index (χ3n) is 3.55. The Morgan fingerprint density at radius 1 is 1.29 bits per heavy atom. The molecule has 1 heterocycles. The normalized spacial score (nSPS) is 16.4. The minimum atomic E-state index is -0.234. The second-order valence-electron chi connectivity index (χ2n) is 5.25. The Labute approximate surface area is 128 Å². The molecule has 0 saturated heterocycles. The molecule has 0 spiro atoms. The summed E-state index contributed by atoms with van der Waals surface area (Å²) in [5, 5.41) is 0. The molecular formula is C17H16ClFO2. The van der Waals surface area contributed by atoms with Crippen LogP contribution in [0.3, 0.4) is 0 Å². The second kappa shape index (κ2) is 5.94. The lowest BCUT2D eigenvalue weighted by Gasteiger charge is -2.14. The van der Waals surface area contributed by atoms with Gasteiger partial charge in [-0.15, -0.1) is 11.6 Å². The van der Waals surface area contributed by atoms with E-state index in [4.69, 9.17) is 21.1 Å². The maximum Gasteiger partial charge on any atom is 0.137 e. The van der Waals surface area contributed by atoms with Gasteiger partial charge in [0, 0.05) is 17.5 Å². The van der Waals surface area contributed by atoms with E-state index in [0.29, 0.717) is 18.9 Å². The highest BCUT2D eigenvalue weighted by Crippen LogP contribution is 2.30. The predicted octanol–water partition coefficient (Wildman–Crippen LogP) is 4.26. The van der Waals surface area contributed by atoms with Crippen molar-refractivity contribution >= 4 is 11.6 Å². The van der Waals surface area contributed by atoms with Gasteiger partial charge < -0.3 is 9.47 Å². The third-order valence-corrected chi connectivity index (χ3v) is 3.84. The van der Waals surface area contributed by atoms with Crippen LogP contribution in [0.2, 0.25) is 0 Å². The molecule has 2 nitrogen and oxygen atoms in total. The molecule has 0 fully saturated rings. The molecule has 2 aromatic carbocycles. The van der Waals surface area contributed by atoms with Crippen LogP contribution in [0.25, 0.3) is 0 Å². The van der Waals surface area contributed by atoms with Crippen LogP contribution in [-0.4, -0.2) is 12.7 Å². The van der Waals surface area contributed by atoms with E-state index in [1.807, 2.05) is 25.1 Å². The van der Waals surface area contributed by atoms with Crippen LogP contribution in [0.5, 0.6) is 11.5 Å². The van der Waals surface area contributed by atoms with E-state index in [1.165, 1.54) is 12.1 Å². The van der Waals surface area contributed by atoms with E-state index in [-0.39, 0.29) is 11.9 Å². The summed E-state index contributed by atoms with van der Waals surface area (Å²) in [5.41, 5.74) is 3.02. The van der Waals surface area contributed by atoms with Crippen molar-refractivity contribution in [3.63, 3.8) is 0 Å². The lowest BCUT2D eigenvalue weighted by Crippen LogP contribution is -2.22. The van der Waals surface area contributed by atoms with E-state index >= 15 is 0 Å². The summed E-state index contributed by atoms with van der Waals surface area (Å²) in [6, 6.07) is 10.5. The molecule has 3 rings (SSSR count). The molecule has 0 amide bonds. The standard InChI is InChI=1S/C17H16ClFO2/c1-11-2-4-16(13(6-11)9-18)20-10-15-8-12-7-14(19)3-5-17(12)21-15/h2-7,15H,8-10H2,1H3. The second-order valence-corrected chi connectivity index (χ2v) is 5.52. The van der Waals surface area contributed by atoms with Crippen LogP contribution in [0.15, 0.2) is 36.4 Å². The van der Waals surface area contributed by atoms with Gasteiger partial charge in [0.25, 0.3) is 0 Å². The Morgan fingerprint density at radius 3 is 2.95 bits per heavy atom. The van der Waals surface area contributed by atoms with E-state index in [1.54, 1.807) is 6.07 Å². The molecule has 110 valence electrons. The number of benzene rings is 2.